The fraction of sp³-hybridized carbons (Fsp3) is 0.556. The Labute approximate surface area is 81.4 Å². The highest BCUT2D eigenvalue weighted by Gasteiger charge is 2.31. The van der Waals surface area contributed by atoms with Gasteiger partial charge in [-0.15, -0.1) is 11.3 Å². The lowest BCUT2D eigenvalue weighted by molar-refractivity contribution is -0.148. The zero-order valence-electron chi connectivity index (χ0n) is 7.78. The minimum Gasteiger partial charge on any atom is -0.481 e. The summed E-state index contributed by atoms with van der Waals surface area (Å²) in [5, 5.41) is 9.02. The molecule has 0 bridgehead atoms. The van der Waals surface area contributed by atoms with Crippen LogP contribution in [0.4, 0.5) is 0 Å². The Balaban J connectivity index is 2.75. The number of rotatable bonds is 4. The summed E-state index contributed by atoms with van der Waals surface area (Å²) in [5.74, 6) is -0.733. The van der Waals surface area contributed by atoms with Gasteiger partial charge in [0.15, 0.2) is 0 Å². The third kappa shape index (κ3) is 2.28. The molecule has 1 heterocycles. The maximum Gasteiger partial charge on any atom is 0.309 e. The molecule has 1 N–H and O–H groups in total. The normalized spacial score (nSPS) is 15.2. The Hall–Kier alpha value is -0.900. The number of hydrogen-bond acceptors (Lipinski definition) is 3. The monoisotopic (exact) mass is 199 g/mol. The van der Waals surface area contributed by atoms with Gasteiger partial charge in [-0.1, -0.05) is 6.92 Å². The van der Waals surface area contributed by atoms with Crippen molar-refractivity contribution in [1.82, 2.24) is 4.98 Å². The first kappa shape index (κ1) is 10.2. The van der Waals surface area contributed by atoms with Crippen LogP contribution in [0.1, 0.15) is 25.1 Å². The predicted octanol–water partition coefficient (Wildman–Crippen LogP) is 2.19. The van der Waals surface area contributed by atoms with Crippen LogP contribution in [-0.4, -0.2) is 16.1 Å². The van der Waals surface area contributed by atoms with Crippen molar-refractivity contribution in [2.45, 2.75) is 26.7 Å². The van der Waals surface area contributed by atoms with Crippen LogP contribution in [0.15, 0.2) is 11.7 Å². The molecule has 1 unspecified atom stereocenters. The fourth-order valence-electron chi connectivity index (χ4n) is 1.07. The summed E-state index contributed by atoms with van der Waals surface area (Å²) in [5.41, 5.74) is 1.08. The minimum atomic E-state index is -0.733. The van der Waals surface area contributed by atoms with Crippen LogP contribution in [-0.2, 0) is 11.2 Å². The van der Waals surface area contributed by atoms with E-state index in [1.54, 1.807) is 18.6 Å². The van der Waals surface area contributed by atoms with E-state index in [0.717, 1.165) is 4.88 Å². The maximum atomic E-state index is 11.0. The molecule has 0 radical (unpaired) electrons. The lowest BCUT2D eigenvalue weighted by Gasteiger charge is -2.21. The van der Waals surface area contributed by atoms with Crippen molar-refractivity contribution < 1.29 is 9.90 Å². The lowest BCUT2D eigenvalue weighted by Crippen LogP contribution is -2.28. The standard InChI is InChI=1S/C9H13NO2S/c1-3-9(2,8(11)12)4-7-5-10-6-13-7/h5-6H,3-4H2,1-2H3,(H,11,12). The number of carboxylic acids is 1. The average Bonchev–Trinajstić information content (AvgIpc) is 2.56. The Morgan fingerprint density at radius 1 is 1.77 bits per heavy atom. The van der Waals surface area contributed by atoms with Crippen molar-refractivity contribution in [1.29, 1.82) is 0 Å². The Kier molecular flexibility index (Phi) is 3.03. The molecule has 0 aliphatic carbocycles. The first-order valence-corrected chi connectivity index (χ1v) is 5.07. The zero-order chi connectivity index (χ0) is 9.90. The van der Waals surface area contributed by atoms with Crippen LogP contribution < -0.4 is 0 Å². The molecule has 0 saturated heterocycles. The molecular weight excluding hydrogens is 186 g/mol. The van der Waals surface area contributed by atoms with Crippen LogP contribution in [0.2, 0.25) is 0 Å². The van der Waals surface area contributed by atoms with Gasteiger partial charge in [0.1, 0.15) is 0 Å². The third-order valence-corrected chi connectivity index (χ3v) is 3.12. The quantitative estimate of drug-likeness (QED) is 0.808. The molecule has 4 heteroatoms. The second-order valence-corrected chi connectivity index (χ2v) is 4.33. The summed E-state index contributed by atoms with van der Waals surface area (Å²) in [6.45, 7) is 3.67. The molecule has 3 nitrogen and oxygen atoms in total. The summed E-state index contributed by atoms with van der Waals surface area (Å²) < 4.78 is 0. The maximum absolute atomic E-state index is 11.0. The molecule has 1 rings (SSSR count). The van der Waals surface area contributed by atoms with Gasteiger partial charge in [0.05, 0.1) is 10.9 Å². The SMILES string of the molecule is CCC(C)(Cc1cncs1)C(=O)O. The Bertz CT molecular complexity index is 284. The van der Waals surface area contributed by atoms with Crippen LogP contribution in [0.25, 0.3) is 0 Å². The number of aromatic nitrogens is 1. The fourth-order valence-corrected chi connectivity index (χ4v) is 1.85. The number of aliphatic carboxylic acids is 1. The van der Waals surface area contributed by atoms with Crippen LogP contribution in [0.5, 0.6) is 0 Å². The van der Waals surface area contributed by atoms with Gasteiger partial charge in [-0.25, -0.2) is 0 Å². The smallest absolute Gasteiger partial charge is 0.309 e. The largest absolute Gasteiger partial charge is 0.481 e. The summed E-state index contributed by atoms with van der Waals surface area (Å²) in [7, 11) is 0. The molecule has 1 aromatic heterocycles. The van der Waals surface area contributed by atoms with Crippen molar-refractivity contribution in [2.24, 2.45) is 5.41 Å². The van der Waals surface area contributed by atoms with E-state index in [2.05, 4.69) is 4.98 Å². The minimum absolute atomic E-state index is 0.573. The van der Waals surface area contributed by atoms with Gasteiger partial charge < -0.3 is 5.11 Å². The third-order valence-electron chi connectivity index (χ3n) is 2.34. The molecule has 0 aromatic carbocycles. The summed E-state index contributed by atoms with van der Waals surface area (Å²) in [6, 6.07) is 0. The van der Waals surface area contributed by atoms with Crippen molar-refractivity contribution in [3.05, 3.63) is 16.6 Å². The molecule has 72 valence electrons. The highest BCUT2D eigenvalue weighted by atomic mass is 32.1. The number of thiazole rings is 1. The average molecular weight is 199 g/mol. The predicted molar refractivity (Wildman–Crippen MR) is 51.9 cm³/mol. The molecule has 0 fully saturated rings. The molecule has 0 amide bonds. The highest BCUT2D eigenvalue weighted by Crippen LogP contribution is 2.28. The lowest BCUT2D eigenvalue weighted by atomic mass is 9.84. The van der Waals surface area contributed by atoms with Gasteiger partial charge in [-0.3, -0.25) is 9.78 Å². The summed E-state index contributed by atoms with van der Waals surface area (Å²) >= 11 is 1.51. The molecule has 0 saturated carbocycles. The summed E-state index contributed by atoms with van der Waals surface area (Å²) in [6.07, 6.45) is 2.95. The topological polar surface area (TPSA) is 50.2 Å². The van der Waals surface area contributed by atoms with Crippen molar-refractivity contribution in [2.75, 3.05) is 0 Å². The number of hydrogen-bond donors (Lipinski definition) is 1. The molecule has 1 aromatic rings. The van der Waals surface area contributed by atoms with Crippen molar-refractivity contribution in [3.8, 4) is 0 Å². The van der Waals surface area contributed by atoms with Gasteiger partial charge in [0, 0.05) is 11.1 Å². The van der Waals surface area contributed by atoms with Crippen LogP contribution >= 0.6 is 11.3 Å². The van der Waals surface area contributed by atoms with Crippen LogP contribution in [0, 0.1) is 5.41 Å². The van der Waals surface area contributed by atoms with E-state index >= 15 is 0 Å². The second kappa shape index (κ2) is 3.87. The Morgan fingerprint density at radius 2 is 2.46 bits per heavy atom. The summed E-state index contributed by atoms with van der Waals surface area (Å²) in [4.78, 5) is 15.9. The number of nitrogens with zero attached hydrogens (tertiary/aromatic N) is 1. The van der Waals surface area contributed by atoms with Crippen LogP contribution in [0.3, 0.4) is 0 Å². The number of carboxylic acid groups (broad SMARTS) is 1. The molecule has 13 heavy (non-hydrogen) atoms. The van der Waals surface area contributed by atoms with E-state index in [9.17, 15) is 4.79 Å². The van der Waals surface area contributed by atoms with Gasteiger partial charge in [-0.05, 0) is 19.8 Å². The molecule has 0 aliphatic rings. The second-order valence-electron chi connectivity index (χ2n) is 3.36. The zero-order valence-corrected chi connectivity index (χ0v) is 8.60. The van der Waals surface area contributed by atoms with E-state index in [4.69, 9.17) is 5.11 Å². The van der Waals surface area contributed by atoms with Gasteiger partial charge in [0.2, 0.25) is 0 Å². The van der Waals surface area contributed by atoms with Crippen molar-refractivity contribution >= 4 is 17.3 Å². The van der Waals surface area contributed by atoms with Gasteiger partial charge in [0.25, 0.3) is 0 Å². The van der Waals surface area contributed by atoms with Crippen molar-refractivity contribution in [3.63, 3.8) is 0 Å². The molecule has 1 atom stereocenters. The Morgan fingerprint density at radius 3 is 2.85 bits per heavy atom. The molecule has 0 spiro atoms. The van der Waals surface area contributed by atoms with E-state index in [1.165, 1.54) is 11.3 Å². The first-order valence-electron chi connectivity index (χ1n) is 4.19. The number of carbonyl (C=O) groups is 1. The van der Waals surface area contributed by atoms with E-state index in [0.29, 0.717) is 12.8 Å². The highest BCUT2D eigenvalue weighted by molar-refractivity contribution is 7.09. The van der Waals surface area contributed by atoms with E-state index in [-0.39, 0.29) is 0 Å². The van der Waals surface area contributed by atoms with Gasteiger partial charge >= 0.3 is 5.97 Å². The molecule has 0 aliphatic heterocycles. The van der Waals surface area contributed by atoms with E-state index < -0.39 is 11.4 Å². The van der Waals surface area contributed by atoms with E-state index in [1.807, 2.05) is 6.92 Å². The van der Waals surface area contributed by atoms with Gasteiger partial charge in [-0.2, -0.15) is 0 Å². The first-order chi connectivity index (χ1) is 6.08. The molecular formula is C9H13NO2S.